The van der Waals surface area contributed by atoms with Crippen molar-refractivity contribution < 1.29 is 14.4 Å². The number of nitrogens with one attached hydrogen (secondary N) is 1. The van der Waals surface area contributed by atoms with Crippen LogP contribution in [0.2, 0.25) is 0 Å². The Balaban J connectivity index is 3.45. The van der Waals surface area contributed by atoms with Gasteiger partial charge in [0, 0.05) is 0 Å². The van der Waals surface area contributed by atoms with Gasteiger partial charge in [-0.1, -0.05) is 0 Å². The minimum absolute atomic E-state index is 0.189. The third kappa shape index (κ3) is 5.82. The number of carbonyl (C=O) groups excluding carboxylic acids is 1. The van der Waals surface area contributed by atoms with E-state index in [4.69, 9.17) is 5.11 Å². The lowest BCUT2D eigenvalue weighted by Crippen LogP contribution is -2.46. The minimum atomic E-state index is 0.189. The molecule has 1 amide bonds. The maximum absolute atomic E-state index is 9.88. The van der Waals surface area contributed by atoms with E-state index in [-0.39, 0.29) is 6.61 Å². The second kappa shape index (κ2) is 5.09. The average Bonchev–Trinajstić information content (AvgIpc) is 1.87. The van der Waals surface area contributed by atoms with E-state index in [1.54, 1.807) is 0 Å². The number of quaternary nitrogens is 1. The molecule has 0 aliphatic heterocycles. The summed E-state index contributed by atoms with van der Waals surface area (Å²) in [4.78, 5) is 9.88. The van der Waals surface area contributed by atoms with Crippen LogP contribution in [-0.4, -0.2) is 56.3 Å². The Hall–Kier alpha value is -0.610. The van der Waals surface area contributed by atoms with Gasteiger partial charge >= 0.3 is 0 Å². The van der Waals surface area contributed by atoms with Crippen LogP contribution in [0, 0.1) is 0 Å². The Morgan fingerprint density at radius 2 is 2.09 bits per heavy atom. The van der Waals surface area contributed by atoms with Crippen molar-refractivity contribution >= 4 is 6.41 Å². The first-order valence-corrected chi connectivity index (χ1v) is 3.72. The van der Waals surface area contributed by atoms with Gasteiger partial charge in [-0.15, -0.1) is 0 Å². The Morgan fingerprint density at radius 1 is 1.45 bits per heavy atom. The Bertz CT molecular complexity index is 115. The van der Waals surface area contributed by atoms with Crippen molar-refractivity contribution in [3.05, 3.63) is 0 Å². The number of aliphatic hydroxyl groups is 1. The van der Waals surface area contributed by atoms with E-state index >= 15 is 0 Å². The van der Waals surface area contributed by atoms with Crippen LogP contribution in [0.1, 0.15) is 0 Å². The summed E-state index contributed by atoms with van der Waals surface area (Å²) < 4.78 is 0.733. The lowest BCUT2D eigenvalue weighted by Gasteiger charge is -2.28. The first-order chi connectivity index (χ1) is 5.12. The van der Waals surface area contributed by atoms with Crippen molar-refractivity contribution in [3.63, 3.8) is 0 Å². The van der Waals surface area contributed by atoms with E-state index in [0.717, 1.165) is 17.6 Å². The fourth-order valence-corrected chi connectivity index (χ4v) is 0.809. The zero-order valence-electron chi connectivity index (χ0n) is 7.21. The van der Waals surface area contributed by atoms with E-state index in [1.165, 1.54) is 0 Å². The molecular weight excluding hydrogens is 144 g/mol. The quantitative estimate of drug-likeness (QED) is 0.292. The van der Waals surface area contributed by atoms with E-state index in [0.29, 0.717) is 13.0 Å². The average molecular weight is 161 g/mol. The van der Waals surface area contributed by atoms with Gasteiger partial charge in [0.2, 0.25) is 6.41 Å². The third-order valence-electron chi connectivity index (χ3n) is 1.65. The van der Waals surface area contributed by atoms with Crippen LogP contribution < -0.4 is 5.32 Å². The molecule has 0 unspecified atom stereocenters. The molecule has 4 heteroatoms. The number of nitrogens with zero attached hydrogens (tertiary/aromatic N) is 1. The van der Waals surface area contributed by atoms with Crippen LogP contribution >= 0.6 is 0 Å². The number of likely N-dealkylation sites (N-methyl/N-ethyl adjacent to an activating group) is 1. The van der Waals surface area contributed by atoms with Crippen molar-refractivity contribution in [2.75, 3.05) is 40.3 Å². The Kier molecular flexibility index (Phi) is 4.81. The molecule has 0 saturated carbocycles. The highest BCUT2D eigenvalue weighted by Crippen LogP contribution is 1.92. The molecule has 0 atom stereocenters. The molecule has 0 aromatic carbocycles. The predicted molar refractivity (Wildman–Crippen MR) is 43.0 cm³/mol. The number of hydrogen-bond acceptors (Lipinski definition) is 2. The van der Waals surface area contributed by atoms with Crippen LogP contribution in [0.3, 0.4) is 0 Å². The van der Waals surface area contributed by atoms with Crippen molar-refractivity contribution in [1.29, 1.82) is 0 Å². The fourth-order valence-electron chi connectivity index (χ4n) is 0.809. The lowest BCUT2D eigenvalue weighted by atomic mass is 10.4. The first-order valence-electron chi connectivity index (χ1n) is 3.72. The number of carbonyl (C=O) groups is 1. The summed E-state index contributed by atoms with van der Waals surface area (Å²) in [6.07, 6.45) is 0.693. The molecule has 4 nitrogen and oxygen atoms in total. The van der Waals surface area contributed by atoms with Gasteiger partial charge in [0.15, 0.2) is 0 Å². The number of aliphatic hydroxyl groups excluding tert-OH is 1. The monoisotopic (exact) mass is 161 g/mol. The molecule has 0 aromatic heterocycles. The van der Waals surface area contributed by atoms with Gasteiger partial charge in [-0.25, -0.2) is 0 Å². The first kappa shape index (κ1) is 10.4. The van der Waals surface area contributed by atoms with Gasteiger partial charge in [0.1, 0.15) is 6.54 Å². The summed E-state index contributed by atoms with van der Waals surface area (Å²) in [6.45, 7) is 2.42. The van der Waals surface area contributed by atoms with Crippen molar-refractivity contribution in [2.24, 2.45) is 0 Å². The van der Waals surface area contributed by atoms with E-state index < -0.39 is 0 Å². The van der Waals surface area contributed by atoms with Crippen molar-refractivity contribution in [2.45, 2.75) is 0 Å². The summed E-state index contributed by atoms with van der Waals surface area (Å²) in [6, 6.07) is 0. The highest BCUT2D eigenvalue weighted by atomic mass is 16.3. The number of rotatable bonds is 6. The van der Waals surface area contributed by atoms with Gasteiger partial charge < -0.3 is 14.9 Å². The second-order valence-electron chi connectivity index (χ2n) is 3.18. The normalized spacial score (nSPS) is 11.2. The summed E-state index contributed by atoms with van der Waals surface area (Å²) in [5, 5.41) is 11.2. The molecule has 11 heavy (non-hydrogen) atoms. The summed E-state index contributed by atoms with van der Waals surface area (Å²) >= 11 is 0. The molecule has 2 N–H and O–H groups in total. The summed E-state index contributed by atoms with van der Waals surface area (Å²) in [7, 11) is 4.03. The summed E-state index contributed by atoms with van der Waals surface area (Å²) in [5.74, 6) is 0. The predicted octanol–water partition coefficient (Wildman–Crippen LogP) is -1.20. The number of hydrogen-bond donors (Lipinski definition) is 2. The standard InChI is InChI=1S/C7H16N2O2/c1-9(2,5-6-10)4-3-8-7-11/h7,10H,3-6H2,1-2H3/p+1. The molecule has 66 valence electrons. The second-order valence-corrected chi connectivity index (χ2v) is 3.18. The third-order valence-corrected chi connectivity index (χ3v) is 1.65. The molecule has 0 aromatic rings. The lowest BCUT2D eigenvalue weighted by molar-refractivity contribution is -0.889. The SMILES string of the molecule is C[N+](C)(CCO)CCNC=O. The molecule has 0 bridgehead atoms. The molecule has 0 saturated heterocycles. The molecule has 0 radical (unpaired) electrons. The number of amides is 1. The van der Waals surface area contributed by atoms with Crippen LogP contribution in [0.4, 0.5) is 0 Å². The van der Waals surface area contributed by atoms with E-state index in [2.05, 4.69) is 5.32 Å². The van der Waals surface area contributed by atoms with Crippen LogP contribution in [0.25, 0.3) is 0 Å². The molecular formula is C7H17N2O2+. The Morgan fingerprint density at radius 3 is 2.55 bits per heavy atom. The zero-order valence-corrected chi connectivity index (χ0v) is 7.21. The molecule has 0 fully saturated rings. The van der Waals surface area contributed by atoms with Crippen molar-refractivity contribution in [1.82, 2.24) is 5.32 Å². The maximum Gasteiger partial charge on any atom is 0.207 e. The molecule has 0 spiro atoms. The van der Waals surface area contributed by atoms with Crippen LogP contribution in [0.15, 0.2) is 0 Å². The van der Waals surface area contributed by atoms with Gasteiger partial charge in [0.05, 0.1) is 33.8 Å². The highest BCUT2D eigenvalue weighted by molar-refractivity contribution is 5.45. The van der Waals surface area contributed by atoms with E-state index in [9.17, 15) is 4.79 Å². The molecule has 0 aliphatic carbocycles. The largest absolute Gasteiger partial charge is 0.391 e. The highest BCUT2D eigenvalue weighted by Gasteiger charge is 2.12. The maximum atomic E-state index is 9.88. The zero-order chi connectivity index (χ0) is 8.74. The van der Waals surface area contributed by atoms with Crippen LogP contribution in [-0.2, 0) is 4.79 Å². The Labute approximate surface area is 67.4 Å². The topological polar surface area (TPSA) is 49.3 Å². The van der Waals surface area contributed by atoms with Crippen molar-refractivity contribution in [3.8, 4) is 0 Å². The van der Waals surface area contributed by atoms with Gasteiger partial charge in [0.25, 0.3) is 0 Å². The fraction of sp³-hybridized carbons (Fsp3) is 0.857. The van der Waals surface area contributed by atoms with E-state index in [1.807, 2.05) is 14.1 Å². The van der Waals surface area contributed by atoms with Gasteiger partial charge in [-0.3, -0.25) is 4.79 Å². The molecule has 0 heterocycles. The molecule has 0 aliphatic rings. The smallest absolute Gasteiger partial charge is 0.207 e. The minimum Gasteiger partial charge on any atom is -0.391 e. The van der Waals surface area contributed by atoms with Gasteiger partial charge in [-0.2, -0.15) is 0 Å². The summed E-state index contributed by atoms with van der Waals surface area (Å²) in [5.41, 5.74) is 0. The molecule has 0 rings (SSSR count). The van der Waals surface area contributed by atoms with Gasteiger partial charge in [-0.05, 0) is 0 Å². The van der Waals surface area contributed by atoms with Crippen LogP contribution in [0.5, 0.6) is 0 Å².